The first-order chi connectivity index (χ1) is 7.77. The van der Waals surface area contributed by atoms with E-state index in [-0.39, 0.29) is 18.2 Å². The number of carbonyl (C=O) groups is 1. The third-order valence-corrected chi connectivity index (χ3v) is 2.71. The van der Waals surface area contributed by atoms with Gasteiger partial charge in [-0.1, -0.05) is 30.3 Å². The van der Waals surface area contributed by atoms with Crippen molar-refractivity contribution >= 4 is 5.97 Å². The van der Waals surface area contributed by atoms with Gasteiger partial charge in [-0.15, -0.1) is 0 Å². The quantitative estimate of drug-likeness (QED) is 0.718. The van der Waals surface area contributed by atoms with Gasteiger partial charge in [0.1, 0.15) is 12.2 Å². The van der Waals surface area contributed by atoms with Crippen LogP contribution in [0.4, 0.5) is 0 Å². The molecular formula is C13H16O3. The molecule has 3 heteroatoms. The molecule has 0 amide bonds. The molecule has 1 aliphatic rings. The van der Waals surface area contributed by atoms with E-state index >= 15 is 0 Å². The van der Waals surface area contributed by atoms with E-state index in [4.69, 9.17) is 9.47 Å². The van der Waals surface area contributed by atoms with Crippen LogP contribution in [-0.4, -0.2) is 18.7 Å². The van der Waals surface area contributed by atoms with E-state index in [1.807, 2.05) is 30.3 Å². The SMILES string of the molecule is CC(=O)O[C@@H]1CCCO[C@H]1c1ccccc1. The highest BCUT2D eigenvalue weighted by Crippen LogP contribution is 2.30. The van der Waals surface area contributed by atoms with Gasteiger partial charge in [-0.2, -0.15) is 0 Å². The van der Waals surface area contributed by atoms with Gasteiger partial charge in [-0.3, -0.25) is 4.79 Å². The van der Waals surface area contributed by atoms with Crippen LogP contribution in [0.1, 0.15) is 31.4 Å². The zero-order valence-corrected chi connectivity index (χ0v) is 9.39. The summed E-state index contributed by atoms with van der Waals surface area (Å²) in [5.41, 5.74) is 1.08. The van der Waals surface area contributed by atoms with Crippen LogP contribution in [0.25, 0.3) is 0 Å². The first-order valence-corrected chi connectivity index (χ1v) is 5.61. The smallest absolute Gasteiger partial charge is 0.303 e. The highest BCUT2D eigenvalue weighted by molar-refractivity contribution is 5.66. The van der Waals surface area contributed by atoms with Gasteiger partial charge in [0.25, 0.3) is 0 Å². The third-order valence-electron chi connectivity index (χ3n) is 2.71. The number of hydrogen-bond acceptors (Lipinski definition) is 3. The van der Waals surface area contributed by atoms with Crippen molar-refractivity contribution in [2.75, 3.05) is 6.61 Å². The summed E-state index contributed by atoms with van der Waals surface area (Å²) in [4.78, 5) is 11.0. The largest absolute Gasteiger partial charge is 0.459 e. The molecule has 0 aliphatic carbocycles. The zero-order valence-electron chi connectivity index (χ0n) is 9.39. The molecule has 1 heterocycles. The van der Waals surface area contributed by atoms with Crippen LogP contribution in [0.15, 0.2) is 30.3 Å². The fourth-order valence-electron chi connectivity index (χ4n) is 2.04. The maximum Gasteiger partial charge on any atom is 0.303 e. The summed E-state index contributed by atoms with van der Waals surface area (Å²) in [6.07, 6.45) is 1.56. The average molecular weight is 220 g/mol. The number of carbonyl (C=O) groups excluding carboxylic acids is 1. The summed E-state index contributed by atoms with van der Waals surface area (Å²) < 4.78 is 11.0. The molecule has 1 fully saturated rings. The monoisotopic (exact) mass is 220 g/mol. The van der Waals surface area contributed by atoms with Crippen molar-refractivity contribution in [1.82, 2.24) is 0 Å². The van der Waals surface area contributed by atoms with Crippen molar-refractivity contribution in [3.8, 4) is 0 Å². The van der Waals surface area contributed by atoms with E-state index in [0.717, 1.165) is 25.0 Å². The van der Waals surface area contributed by atoms with Crippen LogP contribution in [0, 0.1) is 0 Å². The Balaban J connectivity index is 2.13. The Bertz CT molecular complexity index is 347. The van der Waals surface area contributed by atoms with Crippen molar-refractivity contribution in [1.29, 1.82) is 0 Å². The van der Waals surface area contributed by atoms with Crippen LogP contribution in [0.3, 0.4) is 0 Å². The van der Waals surface area contributed by atoms with Crippen LogP contribution < -0.4 is 0 Å². The van der Waals surface area contributed by atoms with Gasteiger partial charge in [0, 0.05) is 13.5 Å². The maximum absolute atomic E-state index is 11.0. The lowest BCUT2D eigenvalue weighted by Gasteiger charge is -2.31. The Labute approximate surface area is 95.4 Å². The van der Waals surface area contributed by atoms with Crippen molar-refractivity contribution in [2.45, 2.75) is 32.0 Å². The fraction of sp³-hybridized carbons (Fsp3) is 0.462. The minimum atomic E-state index is -0.239. The van der Waals surface area contributed by atoms with Crippen LogP contribution in [0.2, 0.25) is 0 Å². The van der Waals surface area contributed by atoms with Crippen molar-refractivity contribution < 1.29 is 14.3 Å². The van der Waals surface area contributed by atoms with E-state index in [0.29, 0.717) is 0 Å². The van der Waals surface area contributed by atoms with Gasteiger partial charge in [0.15, 0.2) is 0 Å². The van der Waals surface area contributed by atoms with Crippen molar-refractivity contribution in [3.05, 3.63) is 35.9 Å². The molecule has 16 heavy (non-hydrogen) atoms. The van der Waals surface area contributed by atoms with Gasteiger partial charge in [-0.25, -0.2) is 0 Å². The summed E-state index contributed by atoms with van der Waals surface area (Å²) in [7, 11) is 0. The second-order valence-electron chi connectivity index (χ2n) is 3.99. The van der Waals surface area contributed by atoms with Crippen LogP contribution in [0.5, 0.6) is 0 Å². The molecule has 0 unspecified atom stereocenters. The molecule has 2 atom stereocenters. The summed E-state index contributed by atoms with van der Waals surface area (Å²) >= 11 is 0. The average Bonchev–Trinajstić information content (AvgIpc) is 2.30. The standard InChI is InChI=1S/C13H16O3/c1-10(14)16-12-8-5-9-15-13(12)11-6-3-2-4-7-11/h2-4,6-7,12-13H,5,8-9H2,1H3/t12-,13+/m1/s1. The number of ether oxygens (including phenoxy) is 2. The number of rotatable bonds is 2. The van der Waals surface area contributed by atoms with E-state index in [1.54, 1.807) is 0 Å². The number of hydrogen-bond donors (Lipinski definition) is 0. The Morgan fingerprint density at radius 1 is 1.38 bits per heavy atom. The lowest BCUT2D eigenvalue weighted by Crippen LogP contribution is -2.31. The number of esters is 1. The Morgan fingerprint density at radius 3 is 2.81 bits per heavy atom. The molecule has 0 N–H and O–H groups in total. The molecular weight excluding hydrogens is 204 g/mol. The molecule has 1 aromatic carbocycles. The van der Waals surface area contributed by atoms with E-state index < -0.39 is 0 Å². The molecule has 2 rings (SSSR count). The predicted octanol–water partition coefficient (Wildman–Crippen LogP) is 2.47. The molecule has 1 aliphatic heterocycles. The predicted molar refractivity (Wildman–Crippen MR) is 59.9 cm³/mol. The summed E-state index contributed by atoms with van der Waals surface area (Å²) in [6.45, 7) is 2.17. The molecule has 0 radical (unpaired) electrons. The van der Waals surface area contributed by atoms with Gasteiger partial charge >= 0.3 is 5.97 Å². The second-order valence-corrected chi connectivity index (χ2v) is 3.99. The Kier molecular flexibility index (Phi) is 3.57. The molecule has 1 aromatic rings. The van der Waals surface area contributed by atoms with Gasteiger partial charge in [0.05, 0.1) is 0 Å². The minimum Gasteiger partial charge on any atom is -0.459 e. The molecule has 0 aromatic heterocycles. The normalized spacial score (nSPS) is 25.1. The van der Waals surface area contributed by atoms with Gasteiger partial charge in [-0.05, 0) is 18.4 Å². The van der Waals surface area contributed by atoms with Crippen LogP contribution in [-0.2, 0) is 14.3 Å². The number of benzene rings is 1. The lowest BCUT2D eigenvalue weighted by atomic mass is 9.98. The van der Waals surface area contributed by atoms with Gasteiger partial charge < -0.3 is 9.47 Å². The second kappa shape index (κ2) is 5.12. The zero-order chi connectivity index (χ0) is 11.4. The molecule has 3 nitrogen and oxygen atoms in total. The Hall–Kier alpha value is -1.35. The van der Waals surface area contributed by atoms with Crippen LogP contribution >= 0.6 is 0 Å². The fourth-order valence-corrected chi connectivity index (χ4v) is 2.04. The topological polar surface area (TPSA) is 35.5 Å². The van der Waals surface area contributed by atoms with E-state index in [1.165, 1.54) is 6.92 Å². The minimum absolute atomic E-state index is 0.112. The lowest BCUT2D eigenvalue weighted by molar-refractivity contribution is -0.161. The molecule has 0 spiro atoms. The molecule has 0 bridgehead atoms. The molecule has 1 saturated heterocycles. The van der Waals surface area contributed by atoms with E-state index in [9.17, 15) is 4.79 Å². The van der Waals surface area contributed by atoms with Gasteiger partial charge in [0.2, 0.25) is 0 Å². The van der Waals surface area contributed by atoms with Crippen molar-refractivity contribution in [3.63, 3.8) is 0 Å². The Morgan fingerprint density at radius 2 is 2.12 bits per heavy atom. The summed E-state index contributed by atoms with van der Waals surface area (Å²) in [5, 5.41) is 0. The molecule has 0 saturated carbocycles. The van der Waals surface area contributed by atoms with E-state index in [2.05, 4.69) is 0 Å². The summed E-state index contributed by atoms with van der Waals surface area (Å²) in [5.74, 6) is -0.239. The highest BCUT2D eigenvalue weighted by atomic mass is 16.6. The highest BCUT2D eigenvalue weighted by Gasteiger charge is 2.29. The van der Waals surface area contributed by atoms with Crippen molar-refractivity contribution in [2.24, 2.45) is 0 Å². The maximum atomic E-state index is 11.0. The molecule has 86 valence electrons. The first kappa shape index (κ1) is 11.1. The third kappa shape index (κ3) is 2.61. The summed E-state index contributed by atoms with van der Waals surface area (Å²) in [6, 6.07) is 9.92. The first-order valence-electron chi connectivity index (χ1n) is 5.61.